The van der Waals surface area contributed by atoms with Crippen LogP contribution in [0.25, 0.3) is 0 Å². The molecule has 0 radical (unpaired) electrons. The summed E-state index contributed by atoms with van der Waals surface area (Å²) in [7, 11) is 4.23. The summed E-state index contributed by atoms with van der Waals surface area (Å²) in [5.74, 6) is -3.26. The average Bonchev–Trinajstić information content (AvgIpc) is 2.87. The molecule has 0 saturated heterocycles. The second-order valence-electron chi connectivity index (χ2n) is 10.9. The lowest BCUT2D eigenvalue weighted by Gasteiger charge is -2.45. The summed E-state index contributed by atoms with van der Waals surface area (Å²) in [5, 5.41) is 2.45. The number of likely N-dealkylation sites (N-methyl/N-ethyl adjacent to an activating group) is 1. The first kappa shape index (κ1) is 30.7. The third kappa shape index (κ3) is 6.16. The van der Waals surface area contributed by atoms with E-state index in [9.17, 15) is 28.0 Å². The zero-order chi connectivity index (χ0) is 30.0. The van der Waals surface area contributed by atoms with Gasteiger partial charge in [0.15, 0.2) is 11.5 Å². The van der Waals surface area contributed by atoms with Gasteiger partial charge in [-0.3, -0.25) is 14.4 Å². The first-order valence-corrected chi connectivity index (χ1v) is 12.7. The normalized spacial score (nSPS) is 18.6. The van der Waals surface area contributed by atoms with Crippen molar-refractivity contribution in [2.75, 3.05) is 27.9 Å². The molecule has 0 spiro atoms. The molecule has 2 atom stereocenters. The highest BCUT2D eigenvalue weighted by Gasteiger charge is 2.51. The number of aromatic nitrogens is 1. The summed E-state index contributed by atoms with van der Waals surface area (Å²) >= 11 is 0. The van der Waals surface area contributed by atoms with Gasteiger partial charge in [0, 0.05) is 51.7 Å². The first-order valence-electron chi connectivity index (χ1n) is 12.7. The number of amides is 2. The van der Waals surface area contributed by atoms with Gasteiger partial charge in [-0.1, -0.05) is 13.0 Å². The molecule has 1 N–H and O–H groups in total. The van der Waals surface area contributed by atoms with E-state index in [1.807, 2.05) is 0 Å². The van der Waals surface area contributed by atoms with Crippen molar-refractivity contribution in [1.29, 1.82) is 0 Å². The Bertz CT molecular complexity index is 1370. The molecule has 0 fully saturated rings. The minimum Gasteiger partial charge on any atom is -0.491 e. The number of Topliss-reactive ketones (excluding diaryl/α,β-unsaturated/α-hetero) is 1. The van der Waals surface area contributed by atoms with Crippen molar-refractivity contribution in [1.82, 2.24) is 14.8 Å². The summed E-state index contributed by atoms with van der Waals surface area (Å²) in [5.41, 5.74) is -3.18. The second kappa shape index (κ2) is 11.7. The molecule has 2 aromatic rings. The molecule has 2 amide bonds. The molecular weight excluding hydrogens is 528 g/mol. The SMILES string of the molecule is COCCC1(C)C(=O)c2c(OC)c(=O)c(C(=O)NCc3ccc(F)cc3F)cn2CC1N(C)C(=O)OC(C)(C)C. The Morgan fingerprint density at radius 3 is 2.45 bits per heavy atom. The van der Waals surface area contributed by atoms with Crippen LogP contribution in [0.4, 0.5) is 13.6 Å². The molecule has 10 nitrogen and oxygen atoms in total. The van der Waals surface area contributed by atoms with Gasteiger partial charge in [-0.15, -0.1) is 0 Å². The highest BCUT2D eigenvalue weighted by Crippen LogP contribution is 2.40. The van der Waals surface area contributed by atoms with Crippen LogP contribution < -0.4 is 15.5 Å². The largest absolute Gasteiger partial charge is 0.491 e. The van der Waals surface area contributed by atoms with Crippen LogP contribution in [0.3, 0.4) is 0 Å². The predicted octanol–water partition coefficient (Wildman–Crippen LogP) is 3.54. The Kier molecular flexibility index (Phi) is 9.03. The Balaban J connectivity index is 2.05. The minimum atomic E-state index is -1.19. The molecule has 40 heavy (non-hydrogen) atoms. The molecule has 0 bridgehead atoms. The van der Waals surface area contributed by atoms with Gasteiger partial charge in [-0.25, -0.2) is 13.6 Å². The van der Waals surface area contributed by atoms with E-state index in [4.69, 9.17) is 14.2 Å². The fourth-order valence-electron chi connectivity index (χ4n) is 4.72. The Labute approximate surface area is 231 Å². The van der Waals surface area contributed by atoms with Crippen molar-refractivity contribution >= 4 is 17.8 Å². The maximum absolute atomic E-state index is 14.1. The first-order chi connectivity index (χ1) is 18.6. The monoisotopic (exact) mass is 563 g/mol. The van der Waals surface area contributed by atoms with E-state index in [0.717, 1.165) is 6.07 Å². The number of ketones is 1. The highest BCUT2D eigenvalue weighted by molar-refractivity contribution is 6.04. The number of carbonyl (C=O) groups is 3. The summed E-state index contributed by atoms with van der Waals surface area (Å²) in [4.78, 5) is 54.7. The van der Waals surface area contributed by atoms with Crippen LogP contribution in [0.15, 0.2) is 29.2 Å². The van der Waals surface area contributed by atoms with Crippen molar-refractivity contribution in [3.8, 4) is 5.75 Å². The van der Waals surface area contributed by atoms with Crippen molar-refractivity contribution in [2.24, 2.45) is 5.41 Å². The quantitative estimate of drug-likeness (QED) is 0.522. The lowest BCUT2D eigenvalue weighted by atomic mass is 9.71. The number of nitrogens with zero attached hydrogens (tertiary/aromatic N) is 2. The molecule has 2 heterocycles. The summed E-state index contributed by atoms with van der Waals surface area (Å²) in [6.07, 6.45) is 0.799. The van der Waals surface area contributed by atoms with Crippen LogP contribution in [-0.4, -0.2) is 66.8 Å². The van der Waals surface area contributed by atoms with Crippen LogP contribution in [0, 0.1) is 17.0 Å². The van der Waals surface area contributed by atoms with Crippen LogP contribution in [0.2, 0.25) is 0 Å². The standard InChI is InChI=1S/C28H35F2N3O7/c1-27(2,3)40-26(37)32(5)20-15-33-14-18(25(36)31-13-16-8-9-17(29)12-19(16)30)22(34)23(39-7)21(33)24(35)28(20,4)10-11-38-6/h8-9,12,14,20H,10-11,13,15H2,1-7H3,(H,31,36). The smallest absolute Gasteiger partial charge is 0.410 e. The maximum Gasteiger partial charge on any atom is 0.410 e. The zero-order valence-corrected chi connectivity index (χ0v) is 23.7. The third-order valence-corrected chi connectivity index (χ3v) is 6.95. The fourth-order valence-corrected chi connectivity index (χ4v) is 4.72. The number of hydrogen-bond donors (Lipinski definition) is 1. The molecule has 1 aliphatic rings. The summed E-state index contributed by atoms with van der Waals surface area (Å²) in [6.45, 7) is 6.78. The number of hydrogen-bond acceptors (Lipinski definition) is 7. The maximum atomic E-state index is 14.1. The van der Waals surface area contributed by atoms with Gasteiger partial charge in [-0.05, 0) is 33.3 Å². The molecule has 218 valence electrons. The van der Waals surface area contributed by atoms with Gasteiger partial charge >= 0.3 is 6.09 Å². The molecule has 0 saturated carbocycles. The molecule has 1 aromatic heterocycles. The van der Waals surface area contributed by atoms with E-state index in [1.54, 1.807) is 27.7 Å². The average molecular weight is 564 g/mol. The number of rotatable bonds is 8. The van der Waals surface area contributed by atoms with Gasteiger partial charge in [-0.2, -0.15) is 0 Å². The number of ether oxygens (including phenoxy) is 3. The lowest BCUT2D eigenvalue weighted by Crippen LogP contribution is -2.58. The van der Waals surface area contributed by atoms with Crippen LogP contribution in [-0.2, 0) is 22.6 Å². The van der Waals surface area contributed by atoms with Crippen LogP contribution in [0.5, 0.6) is 5.75 Å². The summed E-state index contributed by atoms with van der Waals surface area (Å²) < 4.78 is 44.8. The Morgan fingerprint density at radius 2 is 1.88 bits per heavy atom. The van der Waals surface area contributed by atoms with Crippen molar-refractivity contribution in [3.05, 3.63) is 63.1 Å². The molecule has 2 unspecified atom stereocenters. The molecule has 1 aliphatic heterocycles. The number of carbonyl (C=O) groups excluding carboxylic acids is 3. The molecule has 0 aliphatic carbocycles. The molecular formula is C28H35F2N3O7. The van der Waals surface area contributed by atoms with Crippen LogP contribution in [0.1, 0.15) is 60.5 Å². The predicted molar refractivity (Wildman–Crippen MR) is 141 cm³/mol. The number of halogens is 2. The van der Waals surface area contributed by atoms with E-state index in [1.165, 1.54) is 43.0 Å². The number of nitrogens with one attached hydrogen (secondary N) is 1. The van der Waals surface area contributed by atoms with Gasteiger partial charge < -0.3 is 29.0 Å². The van der Waals surface area contributed by atoms with E-state index in [-0.39, 0.29) is 48.7 Å². The topological polar surface area (TPSA) is 116 Å². The number of benzene rings is 1. The summed E-state index contributed by atoms with van der Waals surface area (Å²) in [6, 6.07) is 2.18. The van der Waals surface area contributed by atoms with Gasteiger partial charge in [0.25, 0.3) is 5.91 Å². The Hall–Kier alpha value is -3.80. The fraction of sp³-hybridized carbons (Fsp3) is 0.500. The number of pyridine rings is 1. The van der Waals surface area contributed by atoms with Gasteiger partial charge in [0.2, 0.25) is 5.43 Å². The van der Waals surface area contributed by atoms with E-state index in [0.29, 0.717) is 6.07 Å². The van der Waals surface area contributed by atoms with E-state index in [2.05, 4.69) is 5.32 Å². The van der Waals surface area contributed by atoms with Crippen molar-refractivity contribution < 1.29 is 37.4 Å². The van der Waals surface area contributed by atoms with Gasteiger partial charge in [0.1, 0.15) is 28.5 Å². The molecule has 3 rings (SSSR count). The van der Waals surface area contributed by atoms with Crippen LogP contribution >= 0.6 is 0 Å². The van der Waals surface area contributed by atoms with Crippen molar-refractivity contribution in [2.45, 2.75) is 58.8 Å². The van der Waals surface area contributed by atoms with Crippen molar-refractivity contribution in [3.63, 3.8) is 0 Å². The van der Waals surface area contributed by atoms with Gasteiger partial charge in [0.05, 0.1) is 18.6 Å². The second-order valence-corrected chi connectivity index (χ2v) is 10.9. The zero-order valence-electron chi connectivity index (χ0n) is 23.7. The van der Waals surface area contributed by atoms with E-state index >= 15 is 0 Å². The highest BCUT2D eigenvalue weighted by atomic mass is 19.1. The minimum absolute atomic E-state index is 0.0166. The number of fused-ring (bicyclic) bond motifs is 1. The third-order valence-electron chi connectivity index (χ3n) is 6.95. The molecule has 12 heteroatoms. The van der Waals surface area contributed by atoms with E-state index < -0.39 is 51.9 Å². The Morgan fingerprint density at radius 1 is 1.20 bits per heavy atom. The molecule has 1 aromatic carbocycles. The lowest BCUT2D eigenvalue weighted by molar-refractivity contribution is -0.00452. The number of methoxy groups -OCH3 is 2.